The monoisotopic (exact) mass is 584 g/mol. The summed E-state index contributed by atoms with van der Waals surface area (Å²) in [7, 11) is -9.14. The van der Waals surface area contributed by atoms with Crippen molar-refractivity contribution < 1.29 is 46.0 Å². The lowest BCUT2D eigenvalue weighted by Crippen LogP contribution is -2.52. The van der Waals surface area contributed by atoms with Crippen LogP contribution in [0.25, 0.3) is 10.1 Å². The maximum absolute atomic E-state index is 13.1. The molecule has 0 fully saturated rings. The lowest BCUT2D eigenvalue weighted by Gasteiger charge is -2.16. The Bertz CT molecular complexity index is 1510. The van der Waals surface area contributed by atoms with Crippen molar-refractivity contribution in [1.29, 1.82) is 5.26 Å². The zero-order chi connectivity index (χ0) is 26.9. The van der Waals surface area contributed by atoms with Gasteiger partial charge in [0.1, 0.15) is 35.1 Å². The summed E-state index contributed by atoms with van der Waals surface area (Å²) < 4.78 is 90.2. The highest BCUT2D eigenvalue weighted by Gasteiger charge is 2.35. The average molecular weight is 585 g/mol. The Morgan fingerprint density at radius 3 is 2.58 bits per heavy atom. The molecule has 0 aliphatic carbocycles. The lowest BCUT2D eigenvalue weighted by atomic mass is 10.1. The van der Waals surface area contributed by atoms with Gasteiger partial charge < -0.3 is 19.9 Å². The number of benzene rings is 2. The number of ether oxygens (including phenoxy) is 1. The minimum absolute atomic E-state index is 0.175. The van der Waals surface area contributed by atoms with E-state index >= 15 is 0 Å². The summed E-state index contributed by atoms with van der Waals surface area (Å²) in [6, 6.07) is 6.59. The number of thiophene rings is 1. The normalized spacial score (nSPS) is 13.8. The molecule has 0 bridgehead atoms. The molecule has 16 heteroatoms. The number of aryl methyl sites for hydroxylation is 1. The number of nitriles is 1. The minimum atomic E-state index is -4.91. The Labute approximate surface area is 212 Å². The van der Waals surface area contributed by atoms with Crippen LogP contribution >= 0.6 is 30.5 Å². The third-order valence-corrected chi connectivity index (χ3v) is 9.74. The maximum Gasteiger partial charge on any atom is 0.417 e. The van der Waals surface area contributed by atoms with Crippen molar-refractivity contribution >= 4 is 50.6 Å². The van der Waals surface area contributed by atoms with E-state index in [0.717, 1.165) is 23.5 Å². The summed E-state index contributed by atoms with van der Waals surface area (Å²) in [5, 5.41) is 9.60. The van der Waals surface area contributed by atoms with Gasteiger partial charge in [0, 0.05) is 11.5 Å². The molecule has 0 aliphatic heterocycles. The smallest absolute Gasteiger partial charge is 0.417 e. The fraction of sp³-hybridized carbons (Fsp3) is 0.250. The first kappa shape index (κ1) is 28.2. The summed E-state index contributed by atoms with van der Waals surface area (Å²) in [4.78, 5) is 10.1. The predicted octanol–water partition coefficient (Wildman–Crippen LogP) is 3.87. The molecule has 5 N–H and O–H groups in total. The van der Waals surface area contributed by atoms with Gasteiger partial charge in [0.05, 0.1) is 26.9 Å². The van der Waals surface area contributed by atoms with Crippen LogP contribution in [0.3, 0.4) is 0 Å². The maximum atomic E-state index is 13.1. The highest BCUT2D eigenvalue weighted by molar-refractivity contribution is 7.92. The molecule has 1 heterocycles. The van der Waals surface area contributed by atoms with Crippen LogP contribution in [-0.4, -0.2) is 32.7 Å². The molecular formula is C20H19ClF3N3O6PS2+. The molecule has 0 aliphatic rings. The molecule has 0 saturated carbocycles. The van der Waals surface area contributed by atoms with Crippen molar-refractivity contribution in [3.63, 3.8) is 0 Å². The molecule has 3 rings (SSSR count). The number of quaternary nitrogens is 1. The SMILES string of the molecule is Cc1c(S(=O)(=O)NCP(=O)(O)Oc2ccc(C#N)c(C(F)(F)F)c2)sc2c(Cl)cc(OCC[NH3+])cc12. The van der Waals surface area contributed by atoms with Crippen LogP contribution < -0.4 is 19.7 Å². The number of halogens is 4. The Balaban J connectivity index is 1.83. The van der Waals surface area contributed by atoms with Gasteiger partial charge in [-0.05, 0) is 36.8 Å². The Hall–Kier alpha value is -2.37. The quantitative estimate of drug-likeness (QED) is 0.323. The highest BCUT2D eigenvalue weighted by atomic mass is 35.5. The Morgan fingerprint density at radius 1 is 1.28 bits per heavy atom. The number of fused-ring (bicyclic) bond motifs is 1. The first-order valence-corrected chi connectivity index (χ1v) is 14.4. The summed E-state index contributed by atoms with van der Waals surface area (Å²) in [5.74, 6) is -0.242. The molecular weight excluding hydrogens is 566 g/mol. The van der Waals surface area contributed by atoms with E-state index in [9.17, 15) is 31.0 Å². The van der Waals surface area contributed by atoms with Gasteiger partial charge in [-0.25, -0.2) is 13.0 Å². The van der Waals surface area contributed by atoms with Crippen LogP contribution in [0.5, 0.6) is 11.5 Å². The molecule has 0 spiro atoms. The molecule has 1 atom stereocenters. The molecule has 0 amide bonds. The van der Waals surface area contributed by atoms with Crippen molar-refractivity contribution in [2.45, 2.75) is 17.3 Å². The fourth-order valence-electron chi connectivity index (χ4n) is 3.10. The first-order chi connectivity index (χ1) is 16.7. The molecule has 9 nitrogen and oxygen atoms in total. The van der Waals surface area contributed by atoms with E-state index in [-0.39, 0.29) is 9.23 Å². The van der Waals surface area contributed by atoms with Gasteiger partial charge in [0.2, 0.25) is 0 Å². The van der Waals surface area contributed by atoms with E-state index < -0.39 is 47.0 Å². The van der Waals surface area contributed by atoms with Crippen molar-refractivity contribution in [2.75, 3.05) is 19.4 Å². The summed E-state index contributed by atoms with van der Waals surface area (Å²) in [6.45, 7) is 2.36. The second-order valence-electron chi connectivity index (χ2n) is 7.35. The van der Waals surface area contributed by atoms with Crippen LogP contribution in [0.2, 0.25) is 5.02 Å². The Kier molecular flexibility index (Phi) is 8.26. The van der Waals surface area contributed by atoms with Gasteiger partial charge in [-0.2, -0.15) is 23.2 Å². The van der Waals surface area contributed by atoms with E-state index in [0.29, 0.717) is 40.6 Å². The largest absolute Gasteiger partial charge is 0.488 e. The Morgan fingerprint density at radius 2 is 1.97 bits per heavy atom. The molecule has 2 aromatic carbocycles. The van der Waals surface area contributed by atoms with Gasteiger partial charge in [-0.3, -0.25) is 0 Å². The lowest BCUT2D eigenvalue weighted by molar-refractivity contribution is -0.370. The topological polar surface area (TPSA) is 153 Å². The number of rotatable bonds is 9. The molecule has 1 unspecified atom stereocenters. The fourth-order valence-corrected chi connectivity index (χ4v) is 7.70. The van der Waals surface area contributed by atoms with E-state index in [2.05, 4.69) is 5.73 Å². The van der Waals surface area contributed by atoms with Crippen molar-refractivity contribution in [3.8, 4) is 17.6 Å². The average Bonchev–Trinajstić information content (AvgIpc) is 3.13. The minimum Gasteiger partial charge on any atom is -0.488 e. The zero-order valence-corrected chi connectivity index (χ0v) is 21.7. The summed E-state index contributed by atoms with van der Waals surface area (Å²) in [6.07, 6.45) is -6.04. The summed E-state index contributed by atoms with van der Waals surface area (Å²) >= 11 is 7.11. The second kappa shape index (κ2) is 10.5. The van der Waals surface area contributed by atoms with Gasteiger partial charge in [-0.15, -0.1) is 11.3 Å². The number of hydrogen-bond donors (Lipinski definition) is 3. The molecule has 0 saturated heterocycles. The summed E-state index contributed by atoms with van der Waals surface area (Å²) in [5.41, 5.74) is 1.92. The number of sulfonamides is 1. The van der Waals surface area contributed by atoms with E-state index in [4.69, 9.17) is 26.1 Å². The van der Waals surface area contributed by atoms with Crippen molar-refractivity contribution in [3.05, 3.63) is 52.0 Å². The first-order valence-electron chi connectivity index (χ1n) is 9.95. The molecule has 1 aromatic heterocycles. The number of nitrogens with one attached hydrogen (secondary N) is 1. The second-order valence-corrected chi connectivity index (χ2v) is 12.5. The van der Waals surface area contributed by atoms with E-state index in [1.807, 2.05) is 4.72 Å². The van der Waals surface area contributed by atoms with Crippen LogP contribution in [0.4, 0.5) is 13.2 Å². The highest BCUT2D eigenvalue weighted by Crippen LogP contribution is 2.45. The third-order valence-electron chi connectivity index (χ3n) is 4.70. The number of nitrogens with zero attached hydrogens (tertiary/aromatic N) is 1. The van der Waals surface area contributed by atoms with E-state index in [1.165, 1.54) is 19.1 Å². The van der Waals surface area contributed by atoms with Gasteiger partial charge in [0.15, 0.2) is 0 Å². The zero-order valence-electron chi connectivity index (χ0n) is 18.4. The van der Waals surface area contributed by atoms with Crippen LogP contribution in [0.1, 0.15) is 16.7 Å². The van der Waals surface area contributed by atoms with Gasteiger partial charge in [-0.1, -0.05) is 11.6 Å². The van der Waals surface area contributed by atoms with Gasteiger partial charge >= 0.3 is 13.8 Å². The number of hydrogen-bond acceptors (Lipinski definition) is 7. The molecule has 0 radical (unpaired) electrons. The van der Waals surface area contributed by atoms with Crippen molar-refractivity contribution in [2.24, 2.45) is 0 Å². The standard InChI is InChI=1S/C20H18ClF3N3O6PS2/c1-11-15-6-14(32-5-4-25)8-17(21)18(15)35-19(11)36(30,31)27-10-34(28,29)33-13-3-2-12(9-26)16(7-13)20(22,23)24/h2-3,6-8,27H,4-5,10,25H2,1H3,(H,28,29)/p+1. The van der Waals surface area contributed by atoms with Crippen LogP contribution in [-0.2, 0) is 20.8 Å². The molecule has 3 aromatic rings. The number of alkyl halides is 3. The molecule has 194 valence electrons. The van der Waals surface area contributed by atoms with Crippen LogP contribution in [0, 0.1) is 18.3 Å². The third kappa shape index (κ3) is 6.30. The molecule has 36 heavy (non-hydrogen) atoms. The predicted molar refractivity (Wildman–Crippen MR) is 127 cm³/mol. The van der Waals surface area contributed by atoms with Crippen molar-refractivity contribution in [1.82, 2.24) is 4.72 Å². The van der Waals surface area contributed by atoms with Crippen LogP contribution in [0.15, 0.2) is 34.5 Å². The van der Waals surface area contributed by atoms with E-state index in [1.54, 1.807) is 6.07 Å². The van der Waals surface area contributed by atoms with Gasteiger partial charge in [0.25, 0.3) is 10.0 Å².